The van der Waals surface area contributed by atoms with Crippen LogP contribution in [0.5, 0.6) is 5.75 Å². The van der Waals surface area contributed by atoms with Gasteiger partial charge in [0.25, 0.3) is 0 Å². The minimum Gasteiger partial charge on any atom is -0.508 e. The van der Waals surface area contributed by atoms with Gasteiger partial charge in [-0.05, 0) is 36.5 Å². The number of hydrogen-bond acceptors (Lipinski definition) is 7. The zero-order valence-corrected chi connectivity index (χ0v) is 19.9. The summed E-state index contributed by atoms with van der Waals surface area (Å²) in [5.74, 6) is -3.44. The van der Waals surface area contributed by atoms with Gasteiger partial charge in [0.05, 0.1) is 6.04 Å². The molecule has 194 valence electrons. The molecule has 3 atom stereocenters. The summed E-state index contributed by atoms with van der Waals surface area (Å²) in [6.07, 6.45) is 0.482. The Morgan fingerprint density at radius 1 is 0.971 bits per heavy atom. The van der Waals surface area contributed by atoms with E-state index in [2.05, 4.69) is 20.9 Å². The lowest BCUT2D eigenvalue weighted by Gasteiger charge is -2.25. The molecule has 35 heavy (non-hydrogen) atoms. The molecule has 3 unspecified atom stereocenters. The summed E-state index contributed by atoms with van der Waals surface area (Å²) in [5, 5.41) is 25.8. The molecule has 1 aromatic carbocycles. The molecule has 1 rings (SSSR count). The van der Waals surface area contributed by atoms with E-state index in [4.69, 9.17) is 22.3 Å². The van der Waals surface area contributed by atoms with Crippen LogP contribution in [0.2, 0.25) is 0 Å². The summed E-state index contributed by atoms with van der Waals surface area (Å²) in [6, 6.07) is 3.01. The van der Waals surface area contributed by atoms with Crippen molar-refractivity contribution >= 4 is 29.7 Å². The fourth-order valence-corrected chi connectivity index (χ4v) is 2.98. The van der Waals surface area contributed by atoms with Crippen LogP contribution < -0.4 is 33.2 Å². The zero-order chi connectivity index (χ0) is 26.5. The number of carboxylic acid groups (broad SMARTS) is 1. The molecule has 1 aromatic rings. The van der Waals surface area contributed by atoms with Crippen LogP contribution in [0.25, 0.3) is 0 Å². The minimum atomic E-state index is -1.25. The maximum absolute atomic E-state index is 13.2. The number of nitrogens with zero attached hydrogens (tertiary/aromatic N) is 1. The number of phenols is 1. The van der Waals surface area contributed by atoms with Crippen molar-refractivity contribution in [2.75, 3.05) is 13.1 Å². The molecule has 0 fully saturated rings. The first kappa shape index (κ1) is 29.2. The number of benzene rings is 1. The number of aromatic hydroxyl groups is 1. The standard InChI is InChI=1S/C22H35N7O6/c1-12(2)18(23)21(35)29-16(10-13-5-7-14(30)8-6-13)20(34)28-15(4-3-9-26-22(24)25)19(33)27-11-17(31)32/h5-8,12,15-16,18,30H,3-4,9-11,23H2,1-2H3,(H,27,33)(H,28,34)(H,29,35)(H,31,32)(H4,24,25,26). The second-order valence-electron chi connectivity index (χ2n) is 8.32. The van der Waals surface area contributed by atoms with Crippen LogP contribution >= 0.6 is 0 Å². The summed E-state index contributed by atoms with van der Waals surface area (Å²) >= 11 is 0. The van der Waals surface area contributed by atoms with Gasteiger partial charge in [0.1, 0.15) is 24.4 Å². The van der Waals surface area contributed by atoms with Crippen molar-refractivity contribution in [3.63, 3.8) is 0 Å². The van der Waals surface area contributed by atoms with E-state index in [1.807, 2.05) is 0 Å². The van der Waals surface area contributed by atoms with Crippen LogP contribution in [0, 0.1) is 5.92 Å². The highest BCUT2D eigenvalue weighted by atomic mass is 16.4. The number of nitrogens with two attached hydrogens (primary N) is 3. The van der Waals surface area contributed by atoms with Gasteiger partial charge < -0.3 is 43.4 Å². The van der Waals surface area contributed by atoms with E-state index in [9.17, 15) is 24.3 Å². The minimum absolute atomic E-state index is 0.0385. The van der Waals surface area contributed by atoms with Crippen molar-refractivity contribution < 1.29 is 29.4 Å². The van der Waals surface area contributed by atoms with Gasteiger partial charge in [0, 0.05) is 13.0 Å². The molecule has 0 aliphatic heterocycles. The summed E-state index contributed by atoms with van der Waals surface area (Å²) in [7, 11) is 0. The summed E-state index contributed by atoms with van der Waals surface area (Å²) in [6.45, 7) is 3.09. The van der Waals surface area contributed by atoms with E-state index in [0.29, 0.717) is 12.0 Å². The number of rotatable bonds is 14. The number of amides is 3. The van der Waals surface area contributed by atoms with E-state index >= 15 is 0 Å². The highest BCUT2D eigenvalue weighted by Crippen LogP contribution is 2.12. The molecule has 0 radical (unpaired) electrons. The Hall–Kier alpha value is -3.87. The number of carbonyl (C=O) groups is 4. The second kappa shape index (κ2) is 14.4. The van der Waals surface area contributed by atoms with Crippen molar-refractivity contribution in [2.24, 2.45) is 28.1 Å². The molecular weight excluding hydrogens is 458 g/mol. The van der Waals surface area contributed by atoms with Crippen LogP contribution in [0.1, 0.15) is 32.3 Å². The van der Waals surface area contributed by atoms with Gasteiger partial charge in [-0.15, -0.1) is 0 Å². The molecule has 0 bridgehead atoms. The largest absolute Gasteiger partial charge is 0.508 e. The number of aliphatic carboxylic acids is 1. The maximum Gasteiger partial charge on any atom is 0.322 e. The quantitative estimate of drug-likeness (QED) is 0.0823. The van der Waals surface area contributed by atoms with Crippen LogP contribution in [0.15, 0.2) is 29.3 Å². The molecular formula is C22H35N7O6. The fourth-order valence-electron chi connectivity index (χ4n) is 2.98. The van der Waals surface area contributed by atoms with E-state index < -0.39 is 48.4 Å². The first-order chi connectivity index (χ1) is 16.4. The Morgan fingerprint density at radius 2 is 1.57 bits per heavy atom. The van der Waals surface area contributed by atoms with E-state index in [0.717, 1.165) is 0 Å². The normalized spacial score (nSPS) is 13.3. The van der Waals surface area contributed by atoms with E-state index in [-0.39, 0.29) is 37.0 Å². The molecule has 3 amide bonds. The van der Waals surface area contributed by atoms with E-state index in [1.165, 1.54) is 12.1 Å². The molecule has 0 saturated carbocycles. The molecule has 0 heterocycles. The molecule has 13 heteroatoms. The smallest absolute Gasteiger partial charge is 0.322 e. The van der Waals surface area contributed by atoms with Crippen molar-refractivity contribution in [3.05, 3.63) is 29.8 Å². The lowest BCUT2D eigenvalue weighted by molar-refractivity contribution is -0.138. The highest BCUT2D eigenvalue weighted by Gasteiger charge is 2.29. The van der Waals surface area contributed by atoms with Crippen molar-refractivity contribution in [1.82, 2.24) is 16.0 Å². The van der Waals surface area contributed by atoms with Crippen molar-refractivity contribution in [3.8, 4) is 5.75 Å². The van der Waals surface area contributed by atoms with Crippen LogP contribution in [0.3, 0.4) is 0 Å². The lowest BCUT2D eigenvalue weighted by atomic mass is 10.0. The van der Waals surface area contributed by atoms with Gasteiger partial charge in [-0.1, -0.05) is 26.0 Å². The lowest BCUT2D eigenvalue weighted by Crippen LogP contribution is -2.57. The number of hydrogen-bond donors (Lipinski definition) is 8. The molecule has 0 saturated heterocycles. The molecule has 0 aliphatic carbocycles. The van der Waals surface area contributed by atoms with E-state index in [1.54, 1.807) is 26.0 Å². The molecule has 0 spiro atoms. The average molecular weight is 494 g/mol. The molecule has 0 aromatic heterocycles. The monoisotopic (exact) mass is 493 g/mol. The molecule has 11 N–H and O–H groups in total. The third-order valence-electron chi connectivity index (χ3n) is 5.02. The Labute approximate surface area is 203 Å². The number of aliphatic imine (C=N–C) groups is 1. The predicted molar refractivity (Wildman–Crippen MR) is 129 cm³/mol. The first-order valence-electron chi connectivity index (χ1n) is 11.1. The Kier molecular flexibility index (Phi) is 12.0. The van der Waals surface area contributed by atoms with Crippen molar-refractivity contribution in [2.45, 2.75) is 51.2 Å². The van der Waals surface area contributed by atoms with Gasteiger partial charge in [-0.25, -0.2) is 0 Å². The SMILES string of the molecule is CC(C)C(N)C(=O)NC(Cc1ccc(O)cc1)C(=O)NC(CCCN=C(N)N)C(=O)NCC(=O)O. The Morgan fingerprint density at radius 3 is 2.11 bits per heavy atom. The molecule has 13 nitrogen and oxygen atoms in total. The third-order valence-corrected chi connectivity index (χ3v) is 5.02. The second-order valence-corrected chi connectivity index (χ2v) is 8.32. The van der Waals surface area contributed by atoms with Crippen LogP contribution in [-0.4, -0.2) is 71.1 Å². The van der Waals surface area contributed by atoms with Gasteiger partial charge >= 0.3 is 5.97 Å². The topological polar surface area (TPSA) is 235 Å². The van der Waals surface area contributed by atoms with Gasteiger partial charge in [0.2, 0.25) is 17.7 Å². The predicted octanol–water partition coefficient (Wildman–Crippen LogP) is -1.86. The molecule has 0 aliphatic rings. The Balaban J connectivity index is 3.06. The summed E-state index contributed by atoms with van der Waals surface area (Å²) in [5.41, 5.74) is 17.1. The summed E-state index contributed by atoms with van der Waals surface area (Å²) in [4.78, 5) is 52.9. The number of carboxylic acids is 1. The summed E-state index contributed by atoms with van der Waals surface area (Å²) < 4.78 is 0. The van der Waals surface area contributed by atoms with Gasteiger partial charge in [0.15, 0.2) is 5.96 Å². The third kappa shape index (κ3) is 11.2. The van der Waals surface area contributed by atoms with Crippen LogP contribution in [-0.2, 0) is 25.6 Å². The number of carbonyl (C=O) groups excluding carboxylic acids is 3. The zero-order valence-electron chi connectivity index (χ0n) is 19.9. The first-order valence-corrected chi connectivity index (χ1v) is 11.1. The fraction of sp³-hybridized carbons (Fsp3) is 0.500. The average Bonchev–Trinajstić information content (AvgIpc) is 2.79. The van der Waals surface area contributed by atoms with Crippen molar-refractivity contribution in [1.29, 1.82) is 0 Å². The van der Waals surface area contributed by atoms with Gasteiger partial charge in [-0.3, -0.25) is 24.2 Å². The number of phenolic OH excluding ortho intramolecular Hbond substituents is 1. The van der Waals surface area contributed by atoms with Crippen LogP contribution in [0.4, 0.5) is 0 Å². The van der Waals surface area contributed by atoms with Gasteiger partial charge in [-0.2, -0.15) is 0 Å². The number of guanidine groups is 1. The highest BCUT2D eigenvalue weighted by molar-refractivity contribution is 5.93. The number of nitrogens with one attached hydrogen (secondary N) is 3. The Bertz CT molecular complexity index is 900. The maximum atomic E-state index is 13.2.